The fourth-order valence-electron chi connectivity index (χ4n) is 2.75. The van der Waals surface area contributed by atoms with Crippen molar-refractivity contribution >= 4 is 17.4 Å². The molecule has 0 saturated carbocycles. The van der Waals surface area contributed by atoms with Crippen LogP contribution < -0.4 is 20.1 Å². The zero-order chi connectivity index (χ0) is 19.1. The second kappa shape index (κ2) is 9.14. The van der Waals surface area contributed by atoms with Gasteiger partial charge in [-0.3, -0.25) is 0 Å². The fourth-order valence-corrected chi connectivity index (χ4v) is 3.59. The van der Waals surface area contributed by atoms with Gasteiger partial charge in [-0.1, -0.05) is 12.1 Å². The molecule has 0 aliphatic rings. The van der Waals surface area contributed by atoms with Crippen LogP contribution in [-0.4, -0.2) is 26.8 Å². The van der Waals surface area contributed by atoms with E-state index in [0.29, 0.717) is 24.6 Å². The van der Waals surface area contributed by atoms with E-state index in [0.717, 1.165) is 16.2 Å². The summed E-state index contributed by atoms with van der Waals surface area (Å²) in [6.45, 7) is 0.836. The number of rotatable bonds is 8. The van der Waals surface area contributed by atoms with Gasteiger partial charge in [0.1, 0.15) is 5.76 Å². The maximum absolute atomic E-state index is 12.2. The Kier molecular flexibility index (Phi) is 6.38. The quantitative estimate of drug-likeness (QED) is 0.614. The molecule has 3 rings (SSSR count). The largest absolute Gasteiger partial charge is 0.493 e. The van der Waals surface area contributed by atoms with Gasteiger partial charge in [-0.05, 0) is 41.3 Å². The summed E-state index contributed by atoms with van der Waals surface area (Å²) < 4.78 is 16.0. The molecular weight excluding hydrogens is 364 g/mol. The summed E-state index contributed by atoms with van der Waals surface area (Å²) in [6.07, 6.45) is 1.65. The lowest BCUT2D eigenvalue weighted by Gasteiger charge is -2.15. The van der Waals surface area contributed by atoms with Crippen molar-refractivity contribution < 1.29 is 18.7 Å². The number of hydrogen-bond acceptors (Lipinski definition) is 5. The van der Waals surface area contributed by atoms with E-state index in [1.807, 2.05) is 47.8 Å². The first-order chi connectivity index (χ1) is 13.2. The molecule has 2 amide bonds. The number of ether oxygens (including phenoxy) is 2. The third-order valence-corrected chi connectivity index (χ3v) is 5.13. The minimum Gasteiger partial charge on any atom is -0.493 e. The molecule has 1 aromatic carbocycles. The zero-order valence-corrected chi connectivity index (χ0v) is 16.0. The van der Waals surface area contributed by atoms with Crippen LogP contribution in [0.2, 0.25) is 0 Å². The second-order valence-corrected chi connectivity index (χ2v) is 6.82. The number of urea groups is 1. The van der Waals surface area contributed by atoms with E-state index in [-0.39, 0.29) is 11.9 Å². The maximum atomic E-state index is 12.2. The van der Waals surface area contributed by atoms with E-state index in [1.54, 1.807) is 31.8 Å². The Labute approximate surface area is 162 Å². The third-order valence-electron chi connectivity index (χ3n) is 4.14. The van der Waals surface area contributed by atoms with Gasteiger partial charge in [-0.2, -0.15) is 0 Å². The minimum absolute atomic E-state index is 0.00756. The Morgan fingerprint density at radius 3 is 2.63 bits per heavy atom. The molecule has 0 spiro atoms. The molecule has 2 N–H and O–H groups in total. The average molecular weight is 386 g/mol. The molecule has 2 aromatic heterocycles. The number of furan rings is 1. The molecule has 27 heavy (non-hydrogen) atoms. The lowest BCUT2D eigenvalue weighted by Crippen LogP contribution is -2.37. The van der Waals surface area contributed by atoms with Crippen molar-refractivity contribution in [1.82, 2.24) is 10.6 Å². The first-order valence-corrected chi connectivity index (χ1v) is 9.38. The number of thiophene rings is 1. The highest BCUT2D eigenvalue weighted by Gasteiger charge is 2.19. The molecule has 0 aliphatic carbocycles. The van der Waals surface area contributed by atoms with E-state index >= 15 is 0 Å². The van der Waals surface area contributed by atoms with Gasteiger partial charge in [0.05, 0.1) is 26.4 Å². The van der Waals surface area contributed by atoms with Gasteiger partial charge in [0.25, 0.3) is 0 Å². The Hall–Kier alpha value is -2.93. The number of nitrogens with one attached hydrogen (secondary N) is 2. The Bertz CT molecular complexity index is 813. The number of amides is 2. The molecule has 2 heterocycles. The van der Waals surface area contributed by atoms with Crippen molar-refractivity contribution in [1.29, 1.82) is 0 Å². The molecule has 3 aromatic rings. The van der Waals surface area contributed by atoms with E-state index in [1.165, 1.54) is 0 Å². The predicted octanol–water partition coefficient (Wildman–Crippen LogP) is 3.99. The van der Waals surface area contributed by atoms with Gasteiger partial charge in [0.15, 0.2) is 11.5 Å². The molecule has 1 atom stereocenters. The van der Waals surface area contributed by atoms with Crippen LogP contribution in [0.3, 0.4) is 0 Å². The van der Waals surface area contributed by atoms with Crippen molar-refractivity contribution in [3.63, 3.8) is 0 Å². The van der Waals surface area contributed by atoms with Gasteiger partial charge in [0.2, 0.25) is 0 Å². The lowest BCUT2D eigenvalue weighted by atomic mass is 10.1. The molecule has 7 heteroatoms. The van der Waals surface area contributed by atoms with Crippen molar-refractivity contribution in [3.05, 3.63) is 70.3 Å². The Balaban J connectivity index is 1.56. The summed E-state index contributed by atoms with van der Waals surface area (Å²) in [6, 6.07) is 13.1. The molecule has 142 valence electrons. The molecule has 0 radical (unpaired) electrons. The molecule has 6 nitrogen and oxygen atoms in total. The Morgan fingerprint density at radius 1 is 1.11 bits per heavy atom. The molecule has 0 aliphatic heterocycles. The highest BCUT2D eigenvalue weighted by atomic mass is 32.1. The summed E-state index contributed by atoms with van der Waals surface area (Å²) in [7, 11) is 3.17. The minimum atomic E-state index is -0.238. The first kappa shape index (κ1) is 18.8. The van der Waals surface area contributed by atoms with Gasteiger partial charge < -0.3 is 24.5 Å². The molecular formula is C20H22N2O4S. The Morgan fingerprint density at radius 2 is 1.96 bits per heavy atom. The predicted molar refractivity (Wildman–Crippen MR) is 105 cm³/mol. The molecule has 0 unspecified atom stereocenters. The van der Waals surface area contributed by atoms with Crippen molar-refractivity contribution in [2.75, 3.05) is 20.8 Å². The topological polar surface area (TPSA) is 72.7 Å². The van der Waals surface area contributed by atoms with Crippen molar-refractivity contribution in [3.8, 4) is 11.5 Å². The normalized spacial score (nSPS) is 11.6. The van der Waals surface area contributed by atoms with Crippen LogP contribution in [0.5, 0.6) is 11.5 Å². The number of methoxy groups -OCH3 is 2. The van der Waals surface area contributed by atoms with Gasteiger partial charge >= 0.3 is 6.03 Å². The van der Waals surface area contributed by atoms with E-state index in [9.17, 15) is 4.79 Å². The standard InChI is InChI=1S/C20H22N2O4S/c1-24-17-8-7-14(11-18(17)25-2)12-21-20(23)22-13-15(16-5-3-9-26-16)19-6-4-10-27-19/h3-11,15H,12-13H2,1-2H3,(H2,21,22,23)/t15-/m0/s1. The van der Waals surface area contributed by atoms with Crippen LogP contribution in [-0.2, 0) is 6.54 Å². The highest BCUT2D eigenvalue weighted by molar-refractivity contribution is 7.10. The zero-order valence-electron chi connectivity index (χ0n) is 15.2. The van der Waals surface area contributed by atoms with Crippen LogP contribution in [0.4, 0.5) is 4.79 Å². The van der Waals surface area contributed by atoms with Crippen LogP contribution in [0.25, 0.3) is 0 Å². The van der Waals surface area contributed by atoms with E-state index < -0.39 is 0 Å². The number of carbonyl (C=O) groups is 1. The summed E-state index contributed by atoms with van der Waals surface area (Å²) >= 11 is 1.64. The maximum Gasteiger partial charge on any atom is 0.315 e. The number of benzene rings is 1. The fraction of sp³-hybridized carbons (Fsp3) is 0.250. The first-order valence-electron chi connectivity index (χ1n) is 8.50. The smallest absolute Gasteiger partial charge is 0.315 e. The van der Waals surface area contributed by atoms with Gasteiger partial charge in [0, 0.05) is 18.0 Å². The average Bonchev–Trinajstić information content (AvgIpc) is 3.41. The van der Waals surface area contributed by atoms with Crippen LogP contribution in [0, 0.1) is 0 Å². The van der Waals surface area contributed by atoms with E-state index in [2.05, 4.69) is 10.6 Å². The monoisotopic (exact) mass is 386 g/mol. The molecule has 0 fully saturated rings. The lowest BCUT2D eigenvalue weighted by molar-refractivity contribution is 0.240. The molecule has 0 saturated heterocycles. The highest BCUT2D eigenvalue weighted by Crippen LogP contribution is 2.28. The van der Waals surface area contributed by atoms with Crippen LogP contribution in [0.15, 0.2) is 58.5 Å². The third kappa shape index (κ3) is 4.83. The SMILES string of the molecule is COc1ccc(CNC(=O)NC[C@@H](c2ccco2)c2cccs2)cc1OC. The number of hydrogen-bond donors (Lipinski definition) is 2. The number of carbonyl (C=O) groups excluding carboxylic acids is 1. The van der Waals surface area contributed by atoms with Crippen LogP contribution in [0.1, 0.15) is 22.1 Å². The van der Waals surface area contributed by atoms with Crippen molar-refractivity contribution in [2.45, 2.75) is 12.5 Å². The van der Waals surface area contributed by atoms with Crippen molar-refractivity contribution in [2.24, 2.45) is 0 Å². The molecule has 0 bridgehead atoms. The summed E-state index contributed by atoms with van der Waals surface area (Å²) in [5.41, 5.74) is 0.920. The van der Waals surface area contributed by atoms with Crippen LogP contribution >= 0.6 is 11.3 Å². The van der Waals surface area contributed by atoms with Gasteiger partial charge in [-0.25, -0.2) is 4.79 Å². The summed E-state index contributed by atoms with van der Waals surface area (Å²) in [4.78, 5) is 13.4. The second-order valence-electron chi connectivity index (χ2n) is 5.84. The van der Waals surface area contributed by atoms with Gasteiger partial charge in [-0.15, -0.1) is 11.3 Å². The summed E-state index contributed by atoms with van der Waals surface area (Å²) in [5, 5.41) is 7.80. The van der Waals surface area contributed by atoms with E-state index in [4.69, 9.17) is 13.9 Å². The summed E-state index contributed by atoms with van der Waals surface area (Å²) in [5.74, 6) is 2.11.